The normalized spacial score (nSPS) is 20.4. The number of rotatable bonds is 6. The molecule has 3 aliphatic rings. The van der Waals surface area contributed by atoms with Crippen LogP contribution in [0.25, 0.3) is 0 Å². The summed E-state index contributed by atoms with van der Waals surface area (Å²) in [5, 5.41) is 0. The van der Waals surface area contributed by atoms with Gasteiger partial charge in [-0.3, -0.25) is 19.4 Å². The highest BCUT2D eigenvalue weighted by Gasteiger charge is 2.58. The molecule has 3 aromatic carbocycles. The van der Waals surface area contributed by atoms with Crippen molar-refractivity contribution in [2.45, 2.75) is 25.4 Å². The summed E-state index contributed by atoms with van der Waals surface area (Å²) in [4.78, 5) is 38.0. The van der Waals surface area contributed by atoms with Gasteiger partial charge in [-0.2, -0.15) is 0 Å². The van der Waals surface area contributed by atoms with Crippen LogP contribution in [0.15, 0.2) is 72.8 Å². The first-order chi connectivity index (χ1) is 19.0. The molecule has 2 heterocycles. The van der Waals surface area contributed by atoms with Gasteiger partial charge in [-0.1, -0.05) is 67.6 Å². The Morgan fingerprint density at radius 2 is 1.31 bits per heavy atom. The van der Waals surface area contributed by atoms with E-state index in [2.05, 4.69) is 70.0 Å². The molecule has 2 fully saturated rings. The number of benzene rings is 3. The molecule has 2 aliphatic heterocycles. The number of ketones is 2. The topological polar surface area (TPSA) is 47.1 Å². The lowest BCUT2D eigenvalue weighted by Gasteiger charge is -2.44. The third-order valence-electron chi connectivity index (χ3n) is 8.95. The second-order valence-electron chi connectivity index (χ2n) is 11.1. The zero-order valence-electron chi connectivity index (χ0n) is 23.1. The van der Waals surface area contributed by atoms with Crippen molar-refractivity contribution in [1.82, 2.24) is 14.7 Å². The van der Waals surface area contributed by atoms with Crippen LogP contribution in [-0.4, -0.2) is 85.7 Å². The lowest BCUT2D eigenvalue weighted by Crippen LogP contribution is -2.60. The molecule has 3 aromatic rings. The van der Waals surface area contributed by atoms with Crippen LogP contribution in [0.5, 0.6) is 0 Å². The molecule has 0 spiro atoms. The summed E-state index contributed by atoms with van der Waals surface area (Å²) in [5.74, 6) is -0.160. The van der Waals surface area contributed by atoms with Gasteiger partial charge in [0.05, 0.1) is 0 Å². The molecule has 2 saturated heterocycles. The number of hydrogen-bond acceptors (Lipinski definition) is 6. The number of anilines is 1. The van der Waals surface area contributed by atoms with Gasteiger partial charge in [-0.15, -0.1) is 0 Å². The maximum atomic E-state index is 14.3. The Labute approximate surface area is 231 Å². The SMILES string of the molecule is CCc1ccccc1CN1CCN(C2(c3cccc(N4CCN(C)CC4)c3)C(=O)c3ccccc3C2=O)CC1. The minimum absolute atomic E-state index is 0.0802. The summed E-state index contributed by atoms with van der Waals surface area (Å²) in [6.45, 7) is 9.93. The van der Waals surface area contributed by atoms with E-state index in [0.29, 0.717) is 24.2 Å². The number of carbonyl (C=O) groups excluding carboxylic acids is 2. The molecule has 6 rings (SSSR count). The Kier molecular flexibility index (Phi) is 7.10. The van der Waals surface area contributed by atoms with Crippen molar-refractivity contribution in [1.29, 1.82) is 0 Å². The standard InChI is InChI=1S/C33H38N4O2/c1-3-25-9-4-5-10-26(25)24-35-17-21-37(22-18-35)33(31(38)29-13-6-7-14-30(29)32(33)39)27-11-8-12-28(23-27)36-19-15-34(2)16-20-36/h4-14,23H,3,15-22,24H2,1-2H3. The summed E-state index contributed by atoms with van der Waals surface area (Å²) >= 11 is 0. The van der Waals surface area contributed by atoms with Gasteiger partial charge in [0.25, 0.3) is 0 Å². The highest BCUT2D eigenvalue weighted by atomic mass is 16.2. The molecule has 202 valence electrons. The average Bonchev–Trinajstić information content (AvgIpc) is 3.21. The van der Waals surface area contributed by atoms with Crippen LogP contribution in [0, 0.1) is 0 Å². The fourth-order valence-electron chi connectivity index (χ4n) is 6.64. The molecule has 0 saturated carbocycles. The molecule has 0 aromatic heterocycles. The third kappa shape index (κ3) is 4.50. The van der Waals surface area contributed by atoms with Crippen molar-refractivity contribution >= 4 is 17.3 Å². The van der Waals surface area contributed by atoms with Gasteiger partial charge in [-0.05, 0) is 42.3 Å². The van der Waals surface area contributed by atoms with Crippen LogP contribution in [0.4, 0.5) is 5.69 Å². The van der Waals surface area contributed by atoms with E-state index in [4.69, 9.17) is 0 Å². The Morgan fingerprint density at radius 3 is 1.95 bits per heavy atom. The Morgan fingerprint density at radius 1 is 0.692 bits per heavy atom. The summed E-state index contributed by atoms with van der Waals surface area (Å²) in [6.07, 6.45) is 1.02. The van der Waals surface area contributed by atoms with Gasteiger partial charge in [0, 0.05) is 75.7 Å². The Bertz CT molecular complexity index is 1330. The number of piperazine rings is 2. The van der Waals surface area contributed by atoms with Crippen molar-refractivity contribution in [3.63, 3.8) is 0 Å². The first-order valence-electron chi connectivity index (χ1n) is 14.3. The minimum Gasteiger partial charge on any atom is -0.369 e. The summed E-state index contributed by atoms with van der Waals surface area (Å²) in [6, 6.07) is 24.2. The summed E-state index contributed by atoms with van der Waals surface area (Å²) in [7, 11) is 2.15. The number of carbonyl (C=O) groups is 2. The minimum atomic E-state index is -1.31. The van der Waals surface area contributed by atoms with E-state index in [-0.39, 0.29) is 11.6 Å². The van der Waals surface area contributed by atoms with E-state index in [1.54, 1.807) is 0 Å². The number of nitrogens with zero attached hydrogens (tertiary/aromatic N) is 4. The molecule has 0 N–H and O–H groups in total. The monoisotopic (exact) mass is 522 g/mol. The van der Waals surface area contributed by atoms with E-state index in [1.165, 1.54) is 11.1 Å². The first kappa shape index (κ1) is 25.9. The van der Waals surface area contributed by atoms with Gasteiger partial charge in [-0.25, -0.2) is 0 Å². The molecule has 0 bridgehead atoms. The fraction of sp³-hybridized carbons (Fsp3) is 0.394. The fourth-order valence-corrected chi connectivity index (χ4v) is 6.64. The van der Waals surface area contributed by atoms with Gasteiger partial charge in [0.2, 0.25) is 0 Å². The quantitative estimate of drug-likeness (QED) is 0.455. The predicted octanol–water partition coefficient (Wildman–Crippen LogP) is 4.09. The highest BCUT2D eigenvalue weighted by molar-refractivity contribution is 6.32. The molecule has 0 unspecified atom stereocenters. The van der Waals surface area contributed by atoms with Crippen molar-refractivity contribution < 1.29 is 9.59 Å². The molecule has 0 atom stereocenters. The van der Waals surface area contributed by atoms with Crippen LogP contribution >= 0.6 is 0 Å². The lowest BCUT2D eigenvalue weighted by atomic mass is 9.82. The molecule has 1 aliphatic carbocycles. The van der Waals surface area contributed by atoms with Gasteiger partial charge in [0.1, 0.15) is 0 Å². The highest BCUT2D eigenvalue weighted by Crippen LogP contribution is 2.44. The van der Waals surface area contributed by atoms with Crippen molar-refractivity contribution in [3.05, 3.63) is 101 Å². The maximum Gasteiger partial charge on any atom is 0.196 e. The molecular weight excluding hydrogens is 484 g/mol. The second-order valence-corrected chi connectivity index (χ2v) is 11.1. The van der Waals surface area contributed by atoms with Crippen molar-refractivity contribution in [2.24, 2.45) is 0 Å². The summed E-state index contributed by atoms with van der Waals surface area (Å²) in [5.41, 5.74) is 4.43. The van der Waals surface area contributed by atoms with Crippen molar-refractivity contribution in [3.8, 4) is 0 Å². The molecule has 0 amide bonds. The van der Waals surface area contributed by atoms with E-state index in [9.17, 15) is 9.59 Å². The van der Waals surface area contributed by atoms with Gasteiger partial charge >= 0.3 is 0 Å². The molecular formula is C33H38N4O2. The van der Waals surface area contributed by atoms with Crippen LogP contribution < -0.4 is 4.90 Å². The number of likely N-dealkylation sites (N-methyl/N-ethyl adjacent to an activating group) is 1. The Hall–Kier alpha value is -3.32. The smallest absolute Gasteiger partial charge is 0.196 e. The van der Waals surface area contributed by atoms with E-state index in [0.717, 1.165) is 63.5 Å². The number of fused-ring (bicyclic) bond motifs is 1. The van der Waals surface area contributed by atoms with Gasteiger partial charge in [0.15, 0.2) is 17.1 Å². The molecule has 6 heteroatoms. The molecule has 39 heavy (non-hydrogen) atoms. The zero-order valence-corrected chi connectivity index (χ0v) is 23.1. The second kappa shape index (κ2) is 10.7. The predicted molar refractivity (Wildman–Crippen MR) is 156 cm³/mol. The van der Waals surface area contributed by atoms with Crippen LogP contribution in [0.3, 0.4) is 0 Å². The average molecular weight is 523 g/mol. The van der Waals surface area contributed by atoms with E-state index >= 15 is 0 Å². The van der Waals surface area contributed by atoms with Crippen molar-refractivity contribution in [2.75, 3.05) is 64.3 Å². The third-order valence-corrected chi connectivity index (χ3v) is 8.95. The summed E-state index contributed by atoms with van der Waals surface area (Å²) < 4.78 is 0. The molecule has 0 radical (unpaired) electrons. The number of hydrogen-bond donors (Lipinski definition) is 0. The van der Waals surface area contributed by atoms with Gasteiger partial charge < -0.3 is 9.80 Å². The van der Waals surface area contributed by atoms with Crippen LogP contribution in [-0.2, 0) is 18.5 Å². The zero-order chi connectivity index (χ0) is 27.0. The molecule has 6 nitrogen and oxygen atoms in total. The maximum absolute atomic E-state index is 14.3. The van der Waals surface area contributed by atoms with Crippen LogP contribution in [0.1, 0.15) is 44.3 Å². The first-order valence-corrected chi connectivity index (χ1v) is 14.3. The van der Waals surface area contributed by atoms with Crippen LogP contribution in [0.2, 0.25) is 0 Å². The number of Topliss-reactive ketones (excluding diaryl/α,β-unsaturated/α-hetero) is 2. The lowest BCUT2D eigenvalue weighted by molar-refractivity contribution is 0.0279. The Balaban J connectivity index is 1.32. The largest absolute Gasteiger partial charge is 0.369 e. The van der Waals surface area contributed by atoms with E-state index < -0.39 is 5.54 Å². The number of aryl methyl sites for hydroxylation is 1. The van der Waals surface area contributed by atoms with E-state index in [1.807, 2.05) is 36.4 Å².